The Kier molecular flexibility index (Phi) is 62.9. The first kappa shape index (κ1) is 60.5. The lowest BCUT2D eigenvalue weighted by Crippen LogP contribution is -2.14. The third kappa shape index (κ3) is 57.3. The molecule has 0 aromatic carbocycles. The fourth-order valence-electron chi connectivity index (χ4n) is 6.53. The van der Waals surface area contributed by atoms with Gasteiger partial charge in [0, 0.05) is 19.4 Å². The molecule has 55 heavy (non-hydrogen) atoms. The van der Waals surface area contributed by atoms with Gasteiger partial charge < -0.3 is 20.3 Å². The third-order valence-electron chi connectivity index (χ3n) is 10.3. The maximum atomic E-state index is 11.8. The Morgan fingerprint density at radius 1 is 0.382 bits per heavy atom. The van der Waals surface area contributed by atoms with Gasteiger partial charge in [0.1, 0.15) is 0 Å². The molecule has 0 saturated heterocycles. The van der Waals surface area contributed by atoms with Crippen molar-refractivity contribution in [3.63, 3.8) is 0 Å². The van der Waals surface area contributed by atoms with Crippen molar-refractivity contribution in [3.05, 3.63) is 0 Å². The normalized spacial score (nSPS) is 11.6. The van der Waals surface area contributed by atoms with Crippen LogP contribution in [0.5, 0.6) is 0 Å². The molecule has 0 radical (unpaired) electrons. The summed E-state index contributed by atoms with van der Waals surface area (Å²) in [7, 11) is 1.50. The van der Waals surface area contributed by atoms with Crippen LogP contribution in [0.2, 0.25) is 0 Å². The fraction of sp³-hybridized carbons (Fsp3) is 0.959. The smallest absolute Gasteiger partial charge is 0.305 e. The number of unbranched alkanes of at least 4 members (excludes halogenated alkanes) is 21. The largest absolute Gasteiger partial charge is 0.465 e. The molecule has 3 N–H and O–H groups in total. The van der Waals surface area contributed by atoms with Gasteiger partial charge in [0.15, 0.2) is 0 Å². The van der Waals surface area contributed by atoms with Crippen LogP contribution in [0.15, 0.2) is 0 Å². The van der Waals surface area contributed by atoms with E-state index in [1.54, 1.807) is 0 Å². The van der Waals surface area contributed by atoms with E-state index in [1.807, 2.05) is 0 Å². The van der Waals surface area contributed by atoms with Crippen molar-refractivity contribution in [2.24, 2.45) is 17.6 Å². The van der Waals surface area contributed by atoms with Crippen LogP contribution in [0.25, 0.3) is 0 Å². The summed E-state index contributed by atoms with van der Waals surface area (Å²) < 4.78 is 11.1. The molecule has 0 rings (SSSR count). The van der Waals surface area contributed by atoms with Gasteiger partial charge in [0.05, 0.1) is 13.2 Å². The van der Waals surface area contributed by atoms with Crippen LogP contribution in [-0.2, 0) is 19.1 Å². The molecule has 0 heterocycles. The Morgan fingerprint density at radius 2 is 0.618 bits per heavy atom. The summed E-state index contributed by atoms with van der Waals surface area (Å²) in [6.45, 7) is 17.1. The van der Waals surface area contributed by atoms with Crippen LogP contribution >= 0.6 is 0 Å². The zero-order chi connectivity index (χ0) is 41.9. The molecule has 6 heteroatoms. The molecule has 0 fully saturated rings. The van der Waals surface area contributed by atoms with E-state index in [0.29, 0.717) is 44.5 Å². The van der Waals surface area contributed by atoms with Gasteiger partial charge in [0.2, 0.25) is 0 Å². The number of hydrogen-bond acceptors (Lipinski definition) is 6. The highest BCUT2D eigenvalue weighted by atomic mass is 16.5. The lowest BCUT2D eigenvalue weighted by molar-refractivity contribution is -0.146. The second-order valence-corrected chi connectivity index (χ2v) is 15.9. The van der Waals surface area contributed by atoms with Crippen molar-refractivity contribution in [3.8, 4) is 0 Å². The van der Waals surface area contributed by atoms with E-state index in [9.17, 15) is 9.59 Å². The first-order chi connectivity index (χ1) is 26.9. The Labute approximate surface area is 346 Å². The Bertz CT molecular complexity index is 632. The SMILES string of the molecule is CCCCCCCCC(CCCCCC)COC(=O)CCCCC.CCCCCCCCC(CCCCCC)COC(=O)CCCCC.CCCCO.CN. The van der Waals surface area contributed by atoms with Crippen LogP contribution < -0.4 is 5.73 Å². The van der Waals surface area contributed by atoms with E-state index >= 15 is 0 Å². The van der Waals surface area contributed by atoms with E-state index in [4.69, 9.17) is 14.6 Å². The zero-order valence-electron chi connectivity index (χ0n) is 39.0. The molecule has 334 valence electrons. The molecule has 0 aliphatic carbocycles. The van der Waals surface area contributed by atoms with Gasteiger partial charge >= 0.3 is 11.9 Å². The van der Waals surface area contributed by atoms with E-state index in [2.05, 4.69) is 54.2 Å². The fourth-order valence-corrected chi connectivity index (χ4v) is 6.53. The van der Waals surface area contributed by atoms with Gasteiger partial charge in [-0.3, -0.25) is 9.59 Å². The molecule has 0 amide bonds. The second-order valence-electron chi connectivity index (χ2n) is 15.9. The number of nitrogens with two attached hydrogens (primary N) is 1. The summed E-state index contributed by atoms with van der Waals surface area (Å²) in [6, 6.07) is 0. The molecule has 0 spiro atoms. The van der Waals surface area contributed by atoms with E-state index in [0.717, 1.165) is 51.4 Å². The molecule has 0 aromatic heterocycles. The van der Waals surface area contributed by atoms with E-state index in [-0.39, 0.29) is 11.9 Å². The first-order valence-electron chi connectivity index (χ1n) is 24.4. The molecule has 6 nitrogen and oxygen atoms in total. The molecule has 0 aromatic rings. The topological polar surface area (TPSA) is 98.8 Å². The van der Waals surface area contributed by atoms with Crippen LogP contribution in [0.1, 0.15) is 267 Å². The summed E-state index contributed by atoms with van der Waals surface area (Å²) in [4.78, 5) is 23.6. The van der Waals surface area contributed by atoms with Gasteiger partial charge in [-0.1, -0.05) is 209 Å². The van der Waals surface area contributed by atoms with Crippen LogP contribution in [0.4, 0.5) is 0 Å². The quantitative estimate of drug-likeness (QED) is 0.0478. The van der Waals surface area contributed by atoms with Crippen molar-refractivity contribution in [1.82, 2.24) is 0 Å². The average Bonchev–Trinajstić information content (AvgIpc) is 3.20. The molecule has 0 bridgehead atoms. The van der Waals surface area contributed by atoms with Gasteiger partial charge in [-0.25, -0.2) is 0 Å². The summed E-state index contributed by atoms with van der Waals surface area (Å²) >= 11 is 0. The number of aliphatic hydroxyl groups excluding tert-OH is 1. The minimum atomic E-state index is 0.0185. The minimum Gasteiger partial charge on any atom is -0.465 e. The third-order valence-corrected chi connectivity index (χ3v) is 10.3. The van der Waals surface area contributed by atoms with Gasteiger partial charge in [-0.05, 0) is 63.8 Å². The highest BCUT2D eigenvalue weighted by Gasteiger charge is 2.13. The van der Waals surface area contributed by atoms with Crippen molar-refractivity contribution in [1.29, 1.82) is 0 Å². The van der Waals surface area contributed by atoms with Crippen LogP contribution in [-0.4, -0.2) is 43.9 Å². The van der Waals surface area contributed by atoms with Crippen molar-refractivity contribution >= 4 is 11.9 Å². The van der Waals surface area contributed by atoms with E-state index in [1.165, 1.54) is 161 Å². The van der Waals surface area contributed by atoms with Crippen LogP contribution in [0, 0.1) is 11.8 Å². The first-order valence-corrected chi connectivity index (χ1v) is 24.4. The summed E-state index contributed by atoms with van der Waals surface area (Å²) in [5.41, 5.74) is 4.50. The number of hydrogen-bond donors (Lipinski definition) is 2. The number of esters is 2. The van der Waals surface area contributed by atoms with Crippen molar-refractivity contribution in [2.75, 3.05) is 26.9 Å². The van der Waals surface area contributed by atoms with Crippen molar-refractivity contribution < 1.29 is 24.2 Å². The number of carbonyl (C=O) groups is 2. The van der Waals surface area contributed by atoms with Crippen LogP contribution in [0.3, 0.4) is 0 Å². The van der Waals surface area contributed by atoms with E-state index < -0.39 is 0 Å². The maximum absolute atomic E-state index is 11.8. The second kappa shape index (κ2) is 57.2. The number of rotatable bonds is 38. The standard InChI is InChI=1S/2C22H44O2.C4H10O.CH5N/c2*1-4-7-10-12-13-16-18-21(17-15-11-8-5-2)20-24-22(23)19-14-9-6-3;1-2-3-4-5;1-2/h2*21H,4-20H2,1-3H3;5H,2-4H2,1H3;2H2,1H3. The lowest BCUT2D eigenvalue weighted by atomic mass is 9.95. The lowest BCUT2D eigenvalue weighted by Gasteiger charge is -2.17. The average molecular weight is 786 g/mol. The number of carbonyl (C=O) groups excluding carboxylic acids is 2. The monoisotopic (exact) mass is 786 g/mol. The molecule has 0 saturated carbocycles. The Balaban J connectivity index is -0.000000404. The zero-order valence-corrected chi connectivity index (χ0v) is 39.0. The van der Waals surface area contributed by atoms with Gasteiger partial charge in [-0.15, -0.1) is 0 Å². The van der Waals surface area contributed by atoms with Gasteiger partial charge in [-0.2, -0.15) is 0 Å². The Morgan fingerprint density at radius 3 is 0.873 bits per heavy atom. The van der Waals surface area contributed by atoms with Gasteiger partial charge in [0.25, 0.3) is 0 Å². The predicted octanol–water partition coefficient (Wildman–Crippen LogP) is 15.2. The maximum Gasteiger partial charge on any atom is 0.305 e. The highest BCUT2D eigenvalue weighted by Crippen LogP contribution is 2.21. The summed E-state index contributed by atoms with van der Waals surface area (Å²) in [6.07, 6.45) is 41.4. The summed E-state index contributed by atoms with van der Waals surface area (Å²) in [5.74, 6) is 1.21. The molecule has 2 atom stereocenters. The molecular weight excluding hydrogens is 683 g/mol. The van der Waals surface area contributed by atoms with Crippen molar-refractivity contribution in [2.45, 2.75) is 267 Å². The summed E-state index contributed by atoms with van der Waals surface area (Å²) in [5, 5.41) is 8.07. The predicted molar refractivity (Wildman–Crippen MR) is 243 cm³/mol. The molecule has 2 unspecified atom stereocenters. The Hall–Kier alpha value is -1.14. The number of ether oxygens (including phenoxy) is 2. The highest BCUT2D eigenvalue weighted by molar-refractivity contribution is 5.69. The number of aliphatic hydroxyl groups is 1. The molecule has 0 aliphatic heterocycles. The molecular formula is C49H103NO5. The molecule has 0 aliphatic rings. The minimum absolute atomic E-state index is 0.0185.